The Hall–Kier alpha value is -3.68. The fourth-order valence-electron chi connectivity index (χ4n) is 4.98. The summed E-state index contributed by atoms with van der Waals surface area (Å²) in [4.78, 5) is 44.2. The van der Waals surface area contributed by atoms with Gasteiger partial charge < -0.3 is 14.4 Å². The molecule has 1 aliphatic rings. The van der Waals surface area contributed by atoms with E-state index in [1.54, 1.807) is 27.1 Å². The lowest BCUT2D eigenvalue weighted by atomic mass is 10.0. The van der Waals surface area contributed by atoms with Gasteiger partial charge in [0.05, 0.1) is 37.5 Å². The van der Waals surface area contributed by atoms with E-state index >= 15 is 0 Å². The van der Waals surface area contributed by atoms with Gasteiger partial charge in [-0.1, -0.05) is 17.4 Å². The molecule has 1 saturated heterocycles. The second kappa shape index (κ2) is 10.8. The Balaban J connectivity index is 1.74. The summed E-state index contributed by atoms with van der Waals surface area (Å²) >= 11 is 1.20. The molecule has 1 fully saturated rings. The number of benzene rings is 1. The van der Waals surface area contributed by atoms with Crippen LogP contribution in [0.1, 0.15) is 35.3 Å². The smallest absolute Gasteiger partial charge is 0.332 e. The van der Waals surface area contributed by atoms with E-state index in [1.165, 1.54) is 50.1 Å². The normalized spacial score (nSPS) is 16.5. The summed E-state index contributed by atoms with van der Waals surface area (Å²) in [7, 11) is 3.19. The Labute approximate surface area is 227 Å². The molecule has 1 aliphatic heterocycles. The lowest BCUT2D eigenvalue weighted by Crippen LogP contribution is -2.44. The van der Waals surface area contributed by atoms with E-state index < -0.39 is 29.2 Å². The van der Waals surface area contributed by atoms with E-state index in [-0.39, 0.29) is 19.1 Å². The molecule has 0 spiro atoms. The second-order valence-electron chi connectivity index (χ2n) is 9.52. The van der Waals surface area contributed by atoms with Crippen molar-refractivity contribution in [3.05, 3.63) is 73.9 Å². The first-order chi connectivity index (χ1) is 18.7. The molecule has 3 aromatic heterocycles. The first-order valence-electron chi connectivity index (χ1n) is 12.5. The maximum atomic E-state index is 14.3. The van der Waals surface area contributed by atoms with Gasteiger partial charge in [0.15, 0.2) is 0 Å². The molecule has 4 heterocycles. The molecule has 0 saturated carbocycles. The number of carbonyl (C=O) groups is 1. The molecule has 5 rings (SSSR count). The molecule has 0 unspecified atom stereocenters. The van der Waals surface area contributed by atoms with Crippen LogP contribution in [0.15, 0.2) is 40.2 Å². The van der Waals surface area contributed by atoms with Crippen LogP contribution >= 0.6 is 11.3 Å². The van der Waals surface area contributed by atoms with Crippen molar-refractivity contribution in [3.63, 3.8) is 0 Å². The third-order valence-electron chi connectivity index (χ3n) is 7.07. The van der Waals surface area contributed by atoms with E-state index in [0.717, 1.165) is 10.1 Å². The van der Waals surface area contributed by atoms with Crippen LogP contribution in [0.5, 0.6) is 0 Å². The van der Waals surface area contributed by atoms with Crippen molar-refractivity contribution in [1.82, 2.24) is 29.0 Å². The van der Waals surface area contributed by atoms with E-state index in [0.29, 0.717) is 45.9 Å². The van der Waals surface area contributed by atoms with Gasteiger partial charge in [-0.3, -0.25) is 14.2 Å². The van der Waals surface area contributed by atoms with Crippen LogP contribution in [-0.4, -0.2) is 68.9 Å². The van der Waals surface area contributed by atoms with E-state index in [9.17, 15) is 18.8 Å². The van der Waals surface area contributed by atoms with Crippen molar-refractivity contribution in [2.45, 2.75) is 39.0 Å². The fourth-order valence-corrected chi connectivity index (χ4v) is 6.20. The molecule has 0 N–H and O–H groups in total. The Morgan fingerprint density at radius 3 is 2.56 bits per heavy atom. The number of aromatic nitrogens is 5. The van der Waals surface area contributed by atoms with Crippen molar-refractivity contribution in [1.29, 1.82) is 0 Å². The number of methoxy groups -OCH3 is 1. The van der Waals surface area contributed by atoms with Gasteiger partial charge in [0.25, 0.3) is 5.56 Å². The van der Waals surface area contributed by atoms with Crippen molar-refractivity contribution in [3.8, 4) is 5.00 Å². The molecule has 206 valence electrons. The molecular weight excluding hydrogens is 527 g/mol. The maximum absolute atomic E-state index is 14.3. The predicted octanol–water partition coefficient (Wildman–Crippen LogP) is 2.37. The highest BCUT2D eigenvalue weighted by atomic mass is 32.1. The third-order valence-corrected chi connectivity index (χ3v) is 8.35. The zero-order valence-corrected chi connectivity index (χ0v) is 22.9. The Kier molecular flexibility index (Phi) is 7.47. The molecule has 4 aromatic rings. The number of fused-ring (bicyclic) bond motifs is 1. The van der Waals surface area contributed by atoms with Gasteiger partial charge in [-0.05, 0) is 43.5 Å². The van der Waals surface area contributed by atoms with Crippen LogP contribution < -0.4 is 11.2 Å². The summed E-state index contributed by atoms with van der Waals surface area (Å²) in [6, 6.07) is 3.49. The lowest BCUT2D eigenvalue weighted by Gasteiger charge is -2.23. The minimum absolute atomic E-state index is 0.0215. The average molecular weight is 557 g/mol. The zero-order chi connectivity index (χ0) is 27.8. The third kappa shape index (κ3) is 4.81. The first kappa shape index (κ1) is 26.9. The van der Waals surface area contributed by atoms with Crippen LogP contribution in [0.25, 0.3) is 15.2 Å². The number of amides is 1. The van der Waals surface area contributed by atoms with Crippen molar-refractivity contribution < 1.29 is 18.7 Å². The summed E-state index contributed by atoms with van der Waals surface area (Å²) in [6.07, 6.45) is 2.64. The fraction of sp³-hybridized carbons (Fsp3) is 0.423. The molecule has 1 amide bonds. The highest BCUT2D eigenvalue weighted by molar-refractivity contribution is 7.21. The van der Waals surface area contributed by atoms with Gasteiger partial charge in [-0.15, -0.1) is 4.80 Å². The number of likely N-dealkylation sites (N-methyl/N-ethyl adjacent to an activating group) is 1. The number of halogens is 1. The molecule has 13 heteroatoms. The molecular formula is C26H29FN6O5S. The van der Waals surface area contributed by atoms with Crippen molar-refractivity contribution in [2.24, 2.45) is 0 Å². The lowest BCUT2D eigenvalue weighted by molar-refractivity contribution is -0.129. The number of hydrogen-bond acceptors (Lipinski definition) is 8. The zero-order valence-electron chi connectivity index (χ0n) is 22.1. The van der Waals surface area contributed by atoms with E-state index in [1.807, 2.05) is 6.92 Å². The van der Waals surface area contributed by atoms with Crippen molar-refractivity contribution >= 4 is 27.5 Å². The molecule has 39 heavy (non-hydrogen) atoms. The quantitative estimate of drug-likeness (QED) is 0.291. The highest BCUT2D eigenvalue weighted by Crippen LogP contribution is 2.33. The molecule has 0 aliphatic carbocycles. The van der Waals surface area contributed by atoms with Gasteiger partial charge in [-0.25, -0.2) is 13.8 Å². The van der Waals surface area contributed by atoms with Gasteiger partial charge in [0, 0.05) is 26.3 Å². The number of carbonyl (C=O) groups excluding carboxylic acids is 1. The number of nitrogens with zero attached hydrogens (tertiary/aromatic N) is 6. The van der Waals surface area contributed by atoms with E-state index in [2.05, 4.69) is 10.2 Å². The van der Waals surface area contributed by atoms with Crippen LogP contribution in [0, 0.1) is 19.7 Å². The Morgan fingerprint density at radius 1 is 1.15 bits per heavy atom. The van der Waals surface area contributed by atoms with Gasteiger partial charge >= 0.3 is 5.69 Å². The summed E-state index contributed by atoms with van der Waals surface area (Å²) in [5.74, 6) is -0.729. The molecule has 1 aromatic carbocycles. The minimum atomic E-state index is -0.917. The van der Waals surface area contributed by atoms with Crippen molar-refractivity contribution in [2.75, 3.05) is 33.9 Å². The van der Waals surface area contributed by atoms with Crippen LogP contribution in [0.4, 0.5) is 4.39 Å². The predicted molar refractivity (Wildman–Crippen MR) is 143 cm³/mol. The highest BCUT2D eigenvalue weighted by Gasteiger charge is 2.35. The van der Waals surface area contributed by atoms with Gasteiger partial charge in [0.2, 0.25) is 5.91 Å². The summed E-state index contributed by atoms with van der Waals surface area (Å²) in [6.45, 7) is 4.52. The SMILES string of the molecule is COCCO[C@@H](Cn1c(=O)n([C@@H]2CCN(C)C2=O)c(=O)c2c(C)c(-n3nccn3)sc21)c1cc(F)ccc1C. The monoisotopic (exact) mass is 556 g/mol. The summed E-state index contributed by atoms with van der Waals surface area (Å²) < 4.78 is 28.1. The Bertz CT molecular complexity index is 1640. The number of rotatable bonds is 9. The Morgan fingerprint density at radius 2 is 1.90 bits per heavy atom. The van der Waals surface area contributed by atoms with Gasteiger partial charge in [-0.2, -0.15) is 10.2 Å². The standard InChI is InChI=1S/C26H29FN6O5S/c1-15-5-6-17(27)13-18(15)20(38-12-11-37-4)14-31-25-21(16(2)24(39-25)33-28-8-9-29-33)23(35)32(26(31)36)19-7-10-30(3)22(19)34/h5-6,8-9,13,19-20H,7,10-12,14H2,1-4H3/t19-,20+/m1/s1. The number of thiophene rings is 1. The molecule has 2 atom stereocenters. The second-order valence-corrected chi connectivity index (χ2v) is 10.5. The maximum Gasteiger partial charge on any atom is 0.332 e. The number of ether oxygens (including phenoxy) is 2. The van der Waals surface area contributed by atoms with Crippen LogP contribution in [-0.2, 0) is 20.8 Å². The first-order valence-corrected chi connectivity index (χ1v) is 13.3. The number of hydrogen-bond donors (Lipinski definition) is 0. The summed E-state index contributed by atoms with van der Waals surface area (Å²) in [5.41, 5.74) is 0.787. The topological polar surface area (TPSA) is 113 Å². The van der Waals surface area contributed by atoms with Crippen LogP contribution in [0.3, 0.4) is 0 Å². The molecule has 0 bridgehead atoms. The molecule has 11 nitrogen and oxygen atoms in total. The largest absolute Gasteiger partial charge is 0.382 e. The number of likely N-dealkylation sites (tertiary alicyclic amines) is 1. The van der Waals surface area contributed by atoms with Gasteiger partial charge in [0.1, 0.15) is 27.8 Å². The molecule has 0 radical (unpaired) electrons. The average Bonchev–Trinajstić information content (AvgIpc) is 3.63. The van der Waals surface area contributed by atoms with E-state index in [4.69, 9.17) is 9.47 Å². The van der Waals surface area contributed by atoms with Crippen LogP contribution in [0.2, 0.25) is 0 Å². The number of aryl methyl sites for hydroxylation is 2. The summed E-state index contributed by atoms with van der Waals surface area (Å²) in [5, 5.41) is 9.29. The minimum Gasteiger partial charge on any atom is -0.382 e.